The molecule has 0 radical (unpaired) electrons. The van der Waals surface area contributed by atoms with E-state index in [4.69, 9.17) is 0 Å². The first-order valence-corrected chi connectivity index (χ1v) is 12.2. The largest absolute Gasteiger partial charge is 0.256 e. The molecule has 0 saturated heterocycles. The first-order valence-electron chi connectivity index (χ1n) is 11.8. The predicted molar refractivity (Wildman–Crippen MR) is 122 cm³/mol. The molecule has 0 aromatic heterocycles. The Labute approximate surface area is 175 Å². The fraction of sp³-hybridized carbons (Fsp3) is 0.920. The summed E-state index contributed by atoms with van der Waals surface area (Å²) in [6.07, 6.45) is 14.2. The van der Waals surface area contributed by atoms with Crippen LogP contribution in [-0.4, -0.2) is 17.9 Å². The lowest BCUT2D eigenvalue weighted by Gasteiger charge is -2.58. The molecule has 3 rings (SSSR count). The van der Waals surface area contributed by atoms with E-state index in [2.05, 4.69) is 58.4 Å². The van der Waals surface area contributed by atoms with Gasteiger partial charge in [0.1, 0.15) is 0 Å². The molecular formula is C25H45NS. The molecule has 0 aromatic carbocycles. The van der Waals surface area contributed by atoms with Crippen molar-refractivity contribution in [3.05, 3.63) is 12.2 Å². The number of thiol groups is 1. The van der Waals surface area contributed by atoms with E-state index in [0.29, 0.717) is 10.8 Å². The second-order valence-electron chi connectivity index (χ2n) is 11.0. The number of unbranched alkanes of at least 4 members (excludes halogenated alkanes) is 1. The number of hydrogen-bond acceptors (Lipinski definition) is 2. The first kappa shape index (κ1) is 21.8. The summed E-state index contributed by atoms with van der Waals surface area (Å²) in [6.45, 7) is 15.4. The van der Waals surface area contributed by atoms with Crippen LogP contribution in [0.1, 0.15) is 91.9 Å². The number of hydrogen-bond donors (Lipinski definition) is 1. The minimum atomic E-state index is 0.537. The monoisotopic (exact) mass is 391 g/mol. The average Bonchev–Trinajstić information content (AvgIpc) is 2.96. The van der Waals surface area contributed by atoms with Crippen molar-refractivity contribution >= 4 is 12.8 Å². The molecule has 0 heterocycles. The highest BCUT2D eigenvalue weighted by Crippen LogP contribution is 2.66. The molecule has 156 valence electrons. The highest BCUT2D eigenvalue weighted by Gasteiger charge is 2.58. The Morgan fingerprint density at radius 1 is 1.11 bits per heavy atom. The Hall–Kier alpha value is 0.0500. The lowest BCUT2D eigenvalue weighted by atomic mass is 9.47. The predicted octanol–water partition coefficient (Wildman–Crippen LogP) is 7.39. The van der Waals surface area contributed by atoms with E-state index >= 15 is 0 Å². The zero-order valence-electron chi connectivity index (χ0n) is 18.8. The van der Waals surface area contributed by atoms with Crippen LogP contribution in [0.2, 0.25) is 0 Å². The summed E-state index contributed by atoms with van der Waals surface area (Å²) in [6, 6.07) is 0. The topological polar surface area (TPSA) is 3.24 Å². The molecule has 0 spiro atoms. The smallest absolute Gasteiger partial charge is 0.00868 e. The Morgan fingerprint density at radius 3 is 2.44 bits per heavy atom. The van der Waals surface area contributed by atoms with E-state index in [-0.39, 0.29) is 0 Å². The fourth-order valence-corrected chi connectivity index (χ4v) is 8.13. The van der Waals surface area contributed by atoms with Gasteiger partial charge < -0.3 is 0 Å². The van der Waals surface area contributed by atoms with Gasteiger partial charge in [0.25, 0.3) is 0 Å². The van der Waals surface area contributed by atoms with Crippen molar-refractivity contribution in [3.8, 4) is 0 Å². The van der Waals surface area contributed by atoms with Crippen LogP contribution in [0.5, 0.6) is 0 Å². The van der Waals surface area contributed by atoms with E-state index in [1.807, 2.05) is 0 Å². The van der Waals surface area contributed by atoms with Crippen LogP contribution >= 0.6 is 12.8 Å². The van der Waals surface area contributed by atoms with Crippen molar-refractivity contribution in [3.63, 3.8) is 0 Å². The lowest BCUT2D eigenvalue weighted by Crippen LogP contribution is -2.50. The fourth-order valence-electron chi connectivity index (χ4n) is 8.02. The lowest BCUT2D eigenvalue weighted by molar-refractivity contribution is -0.0835. The maximum absolute atomic E-state index is 4.57. The number of rotatable bonds is 7. The molecule has 7 unspecified atom stereocenters. The van der Waals surface area contributed by atoms with Gasteiger partial charge in [0, 0.05) is 6.54 Å². The van der Waals surface area contributed by atoms with Crippen molar-refractivity contribution < 1.29 is 0 Å². The number of fused-ring (bicyclic) bond motifs is 3. The maximum Gasteiger partial charge on any atom is 0.00868 e. The molecule has 7 atom stereocenters. The van der Waals surface area contributed by atoms with Gasteiger partial charge in [-0.25, -0.2) is 0 Å². The molecule has 0 N–H and O–H groups in total. The molecule has 0 amide bonds. The van der Waals surface area contributed by atoms with Gasteiger partial charge in [0.05, 0.1) is 0 Å². The SMILES string of the molecule is C=C(C)C1CCC2C3CCC(C)(CCCC)C(CCN(C)S)C3CCC12C. The van der Waals surface area contributed by atoms with Crippen LogP contribution in [0.25, 0.3) is 0 Å². The van der Waals surface area contributed by atoms with Crippen LogP contribution in [0, 0.1) is 40.4 Å². The minimum Gasteiger partial charge on any atom is -0.256 e. The van der Waals surface area contributed by atoms with E-state index in [0.717, 1.165) is 36.1 Å². The summed E-state index contributed by atoms with van der Waals surface area (Å²) in [7, 11) is 2.12. The van der Waals surface area contributed by atoms with Gasteiger partial charge in [-0.2, -0.15) is 0 Å². The first-order chi connectivity index (χ1) is 12.7. The van der Waals surface area contributed by atoms with Crippen LogP contribution in [-0.2, 0) is 0 Å². The zero-order chi connectivity index (χ0) is 19.8. The third-order valence-corrected chi connectivity index (χ3v) is 9.61. The number of nitrogens with zero attached hydrogens (tertiary/aromatic N) is 1. The summed E-state index contributed by atoms with van der Waals surface area (Å²) in [5.41, 5.74) is 2.55. The third kappa shape index (κ3) is 4.04. The molecular weight excluding hydrogens is 346 g/mol. The third-order valence-electron chi connectivity index (χ3n) is 9.41. The van der Waals surface area contributed by atoms with Crippen LogP contribution in [0.3, 0.4) is 0 Å². The molecule has 0 bridgehead atoms. The highest BCUT2D eigenvalue weighted by molar-refractivity contribution is 7.77. The van der Waals surface area contributed by atoms with Gasteiger partial charge in [-0.3, -0.25) is 4.31 Å². The molecule has 3 fully saturated rings. The van der Waals surface area contributed by atoms with Crippen molar-refractivity contribution in [1.29, 1.82) is 0 Å². The normalized spacial score (nSPS) is 44.2. The van der Waals surface area contributed by atoms with Gasteiger partial charge in [0.2, 0.25) is 0 Å². The molecule has 3 saturated carbocycles. The van der Waals surface area contributed by atoms with Gasteiger partial charge in [-0.1, -0.05) is 58.6 Å². The van der Waals surface area contributed by atoms with Gasteiger partial charge >= 0.3 is 0 Å². The molecule has 27 heavy (non-hydrogen) atoms. The molecule has 3 aliphatic rings. The highest BCUT2D eigenvalue weighted by atomic mass is 32.1. The van der Waals surface area contributed by atoms with Gasteiger partial charge in [-0.15, -0.1) is 0 Å². The second-order valence-corrected chi connectivity index (χ2v) is 11.7. The minimum absolute atomic E-state index is 0.537. The molecule has 2 heteroatoms. The zero-order valence-corrected chi connectivity index (χ0v) is 19.7. The molecule has 0 aromatic rings. The maximum atomic E-state index is 4.57. The van der Waals surface area contributed by atoms with Gasteiger partial charge in [0.15, 0.2) is 0 Å². The van der Waals surface area contributed by atoms with Crippen molar-refractivity contribution in [2.75, 3.05) is 13.6 Å². The Kier molecular flexibility index (Phi) is 6.79. The quantitative estimate of drug-likeness (QED) is 0.349. The van der Waals surface area contributed by atoms with Crippen molar-refractivity contribution in [2.24, 2.45) is 40.4 Å². The standard InChI is InChI=1S/C25H45NS/c1-7-8-14-24(4)15-11-20-19(22(24)13-17-26(6)27)12-16-25(5)21(18(2)3)9-10-23(20)25/h19-23,27H,2,7-17H2,1,3-6H3. The Bertz CT molecular complexity index is 528. The van der Waals surface area contributed by atoms with E-state index in [1.165, 1.54) is 69.8 Å². The van der Waals surface area contributed by atoms with Crippen LogP contribution < -0.4 is 0 Å². The summed E-state index contributed by atoms with van der Waals surface area (Å²) in [5.74, 6) is 4.54. The van der Waals surface area contributed by atoms with E-state index in [9.17, 15) is 0 Å². The Morgan fingerprint density at radius 2 is 1.81 bits per heavy atom. The average molecular weight is 392 g/mol. The summed E-state index contributed by atoms with van der Waals surface area (Å²) >= 11 is 4.57. The van der Waals surface area contributed by atoms with E-state index < -0.39 is 0 Å². The van der Waals surface area contributed by atoms with Crippen molar-refractivity contribution in [1.82, 2.24) is 4.31 Å². The molecule has 3 aliphatic carbocycles. The van der Waals surface area contributed by atoms with Crippen molar-refractivity contribution in [2.45, 2.75) is 91.9 Å². The summed E-state index contributed by atoms with van der Waals surface area (Å²) < 4.78 is 2.11. The Balaban J connectivity index is 1.83. The second kappa shape index (κ2) is 8.42. The van der Waals surface area contributed by atoms with Crippen LogP contribution in [0.15, 0.2) is 12.2 Å². The van der Waals surface area contributed by atoms with Crippen LogP contribution in [0.4, 0.5) is 0 Å². The summed E-state index contributed by atoms with van der Waals surface area (Å²) in [5, 5.41) is 0. The number of allylic oxidation sites excluding steroid dienone is 1. The van der Waals surface area contributed by atoms with E-state index in [1.54, 1.807) is 0 Å². The molecule has 0 aliphatic heterocycles. The molecule has 1 nitrogen and oxygen atoms in total. The summed E-state index contributed by atoms with van der Waals surface area (Å²) in [4.78, 5) is 0. The van der Waals surface area contributed by atoms with Gasteiger partial charge in [-0.05, 0) is 106 Å².